The molecule has 4 nitrogen and oxygen atoms in total. The molecule has 0 fully saturated rings. The van der Waals surface area contributed by atoms with Crippen molar-refractivity contribution in [1.82, 2.24) is 14.5 Å². The Bertz CT molecular complexity index is 629. The predicted octanol–water partition coefficient (Wildman–Crippen LogP) is 2.44. The van der Waals surface area contributed by atoms with Crippen molar-refractivity contribution >= 4 is 40.8 Å². The van der Waals surface area contributed by atoms with Gasteiger partial charge in [0.25, 0.3) is 0 Å². The summed E-state index contributed by atoms with van der Waals surface area (Å²) in [5.74, 6) is -0.0260. The Morgan fingerprint density at radius 2 is 2.24 bits per heavy atom. The summed E-state index contributed by atoms with van der Waals surface area (Å²) in [6.07, 6.45) is 0. The number of carbonyl (C=O) groups is 1. The minimum Gasteiger partial charge on any atom is -0.347 e. The molecule has 1 N–H and O–H groups in total. The Labute approximate surface area is 109 Å². The van der Waals surface area contributed by atoms with Crippen LogP contribution >= 0.6 is 23.8 Å². The van der Waals surface area contributed by atoms with Gasteiger partial charge in [-0.15, -0.1) is 0 Å². The zero-order chi connectivity index (χ0) is 12.6. The third-order valence-electron chi connectivity index (χ3n) is 2.54. The topological polar surface area (TPSA) is 41.0 Å². The van der Waals surface area contributed by atoms with E-state index in [1.54, 1.807) is 24.7 Å². The quantitative estimate of drug-likeness (QED) is 0.851. The van der Waals surface area contributed by atoms with Gasteiger partial charge < -0.3 is 14.5 Å². The lowest BCUT2D eigenvalue weighted by molar-refractivity contribution is -0.129. The molecule has 0 saturated heterocycles. The molecule has 2 aromatic rings. The number of rotatable bonds is 2. The maximum absolute atomic E-state index is 11.7. The zero-order valence-corrected chi connectivity index (χ0v) is 11.1. The van der Waals surface area contributed by atoms with Crippen LogP contribution in [-0.4, -0.2) is 34.5 Å². The second-order valence-corrected chi connectivity index (χ2v) is 4.73. The van der Waals surface area contributed by atoms with Crippen LogP contribution in [0, 0.1) is 4.77 Å². The lowest BCUT2D eigenvalue weighted by Gasteiger charge is -2.11. The molecular formula is C11H12ClN3OS. The zero-order valence-electron chi connectivity index (χ0n) is 9.53. The van der Waals surface area contributed by atoms with E-state index in [2.05, 4.69) is 4.98 Å². The van der Waals surface area contributed by atoms with Crippen LogP contribution in [0.1, 0.15) is 0 Å². The summed E-state index contributed by atoms with van der Waals surface area (Å²) < 4.78 is 2.22. The smallest absolute Gasteiger partial charge is 0.242 e. The number of nitrogens with one attached hydrogen (secondary N) is 1. The summed E-state index contributed by atoms with van der Waals surface area (Å²) in [5, 5.41) is 0.585. The van der Waals surface area contributed by atoms with E-state index in [9.17, 15) is 4.79 Å². The van der Waals surface area contributed by atoms with E-state index >= 15 is 0 Å². The largest absolute Gasteiger partial charge is 0.347 e. The van der Waals surface area contributed by atoms with Crippen LogP contribution in [0.3, 0.4) is 0 Å². The number of aromatic nitrogens is 2. The number of nitrogens with zero attached hydrogens (tertiary/aromatic N) is 2. The molecule has 0 atom stereocenters. The van der Waals surface area contributed by atoms with E-state index in [0.717, 1.165) is 11.0 Å². The number of para-hydroxylation sites is 1. The average molecular weight is 270 g/mol. The minimum atomic E-state index is -0.0260. The summed E-state index contributed by atoms with van der Waals surface area (Å²) in [4.78, 5) is 16.3. The van der Waals surface area contributed by atoms with Crippen molar-refractivity contribution in [3.05, 3.63) is 28.0 Å². The fourth-order valence-corrected chi connectivity index (χ4v) is 2.14. The lowest BCUT2D eigenvalue weighted by atomic mass is 10.3. The molecule has 0 radical (unpaired) electrons. The van der Waals surface area contributed by atoms with E-state index in [0.29, 0.717) is 9.79 Å². The van der Waals surface area contributed by atoms with Crippen LogP contribution in [0.5, 0.6) is 0 Å². The van der Waals surface area contributed by atoms with Crippen molar-refractivity contribution in [2.75, 3.05) is 14.1 Å². The number of H-pyrrole nitrogens is 1. The Kier molecular flexibility index (Phi) is 3.22. The van der Waals surface area contributed by atoms with Crippen LogP contribution in [0.4, 0.5) is 0 Å². The summed E-state index contributed by atoms with van der Waals surface area (Å²) >= 11 is 11.3. The highest BCUT2D eigenvalue weighted by molar-refractivity contribution is 7.71. The van der Waals surface area contributed by atoms with Gasteiger partial charge in [-0.2, -0.15) is 0 Å². The van der Waals surface area contributed by atoms with Gasteiger partial charge in [-0.25, -0.2) is 0 Å². The van der Waals surface area contributed by atoms with Crippen LogP contribution in [-0.2, 0) is 11.3 Å². The molecule has 1 aromatic carbocycles. The summed E-state index contributed by atoms with van der Waals surface area (Å²) in [6.45, 7) is 0.190. The van der Waals surface area contributed by atoms with Gasteiger partial charge in [-0.05, 0) is 24.4 Å². The van der Waals surface area contributed by atoms with Crippen LogP contribution in [0.15, 0.2) is 18.2 Å². The monoisotopic (exact) mass is 269 g/mol. The first-order chi connectivity index (χ1) is 8.00. The van der Waals surface area contributed by atoms with E-state index in [1.165, 1.54) is 4.90 Å². The molecule has 0 aliphatic heterocycles. The number of halogens is 1. The third kappa shape index (κ3) is 2.21. The third-order valence-corrected chi connectivity index (χ3v) is 3.16. The molecule has 0 aliphatic carbocycles. The van der Waals surface area contributed by atoms with Gasteiger partial charge in [0, 0.05) is 14.1 Å². The molecule has 0 spiro atoms. The van der Waals surface area contributed by atoms with Gasteiger partial charge in [-0.1, -0.05) is 17.7 Å². The molecule has 1 amide bonds. The fraction of sp³-hybridized carbons (Fsp3) is 0.273. The van der Waals surface area contributed by atoms with Gasteiger partial charge in [0.2, 0.25) is 5.91 Å². The average Bonchev–Trinajstić information content (AvgIpc) is 2.56. The van der Waals surface area contributed by atoms with E-state index < -0.39 is 0 Å². The van der Waals surface area contributed by atoms with Gasteiger partial charge in [-0.3, -0.25) is 4.79 Å². The molecule has 90 valence electrons. The number of hydrogen-bond acceptors (Lipinski definition) is 2. The number of carbonyl (C=O) groups excluding carboxylic acids is 1. The maximum atomic E-state index is 11.7. The molecule has 6 heteroatoms. The molecule has 17 heavy (non-hydrogen) atoms. The van der Waals surface area contributed by atoms with Crippen molar-refractivity contribution in [3.8, 4) is 0 Å². The molecule has 1 aromatic heterocycles. The number of fused-ring (bicyclic) bond motifs is 1. The summed E-state index contributed by atoms with van der Waals surface area (Å²) in [5.41, 5.74) is 1.61. The normalized spacial score (nSPS) is 10.8. The second-order valence-electron chi connectivity index (χ2n) is 3.94. The highest BCUT2D eigenvalue weighted by Crippen LogP contribution is 2.23. The molecule has 0 saturated carbocycles. The van der Waals surface area contributed by atoms with Crippen LogP contribution < -0.4 is 0 Å². The summed E-state index contributed by atoms with van der Waals surface area (Å²) in [7, 11) is 3.42. The van der Waals surface area contributed by atoms with E-state index in [1.807, 2.05) is 12.1 Å². The van der Waals surface area contributed by atoms with E-state index in [-0.39, 0.29) is 12.5 Å². The van der Waals surface area contributed by atoms with Crippen molar-refractivity contribution < 1.29 is 4.79 Å². The van der Waals surface area contributed by atoms with Crippen molar-refractivity contribution in [3.63, 3.8) is 0 Å². The van der Waals surface area contributed by atoms with Gasteiger partial charge >= 0.3 is 0 Å². The fourth-order valence-electron chi connectivity index (χ4n) is 1.60. The van der Waals surface area contributed by atoms with Crippen LogP contribution in [0.25, 0.3) is 11.0 Å². The second kappa shape index (κ2) is 4.50. The Hall–Kier alpha value is -1.33. The first kappa shape index (κ1) is 12.1. The van der Waals surface area contributed by atoms with Crippen molar-refractivity contribution in [2.45, 2.75) is 6.54 Å². The number of hydrogen-bond donors (Lipinski definition) is 1. The number of amides is 1. The molecule has 0 aliphatic rings. The number of aromatic amines is 1. The number of imidazole rings is 1. The van der Waals surface area contributed by atoms with Gasteiger partial charge in [0.15, 0.2) is 4.77 Å². The minimum absolute atomic E-state index is 0.0260. The molecule has 0 unspecified atom stereocenters. The SMILES string of the molecule is CN(C)C(=O)Cn1c(=S)[nH]c2cccc(Cl)c21. The molecule has 2 rings (SSSR count). The maximum Gasteiger partial charge on any atom is 0.242 e. The lowest BCUT2D eigenvalue weighted by Crippen LogP contribution is -2.26. The number of benzene rings is 1. The number of likely N-dealkylation sites (N-methyl/N-ethyl adjacent to an activating group) is 1. The van der Waals surface area contributed by atoms with Crippen LogP contribution in [0.2, 0.25) is 5.02 Å². The predicted molar refractivity (Wildman–Crippen MR) is 70.8 cm³/mol. The Balaban J connectivity index is 2.57. The first-order valence-corrected chi connectivity index (χ1v) is 5.86. The molecular weight excluding hydrogens is 258 g/mol. The van der Waals surface area contributed by atoms with Gasteiger partial charge in [0.05, 0.1) is 16.1 Å². The Morgan fingerprint density at radius 1 is 1.53 bits per heavy atom. The highest BCUT2D eigenvalue weighted by Gasteiger charge is 2.12. The molecule has 1 heterocycles. The van der Waals surface area contributed by atoms with Crippen molar-refractivity contribution in [1.29, 1.82) is 0 Å². The summed E-state index contributed by atoms with van der Waals surface area (Å²) in [6, 6.07) is 5.50. The first-order valence-electron chi connectivity index (χ1n) is 5.08. The Morgan fingerprint density at radius 3 is 2.88 bits per heavy atom. The van der Waals surface area contributed by atoms with E-state index in [4.69, 9.17) is 23.8 Å². The molecule has 0 bridgehead atoms. The standard InChI is InChI=1S/C11H12ClN3OS/c1-14(2)9(16)6-15-10-7(12)4-3-5-8(10)13-11(15)17/h3-5H,6H2,1-2H3,(H,13,17). The highest BCUT2D eigenvalue weighted by atomic mass is 35.5. The van der Waals surface area contributed by atoms with Crippen molar-refractivity contribution in [2.24, 2.45) is 0 Å². The van der Waals surface area contributed by atoms with Gasteiger partial charge in [0.1, 0.15) is 6.54 Å².